The number of anilines is 2. The molecule has 3 aromatic rings. The highest BCUT2D eigenvalue weighted by Gasteiger charge is 2.47. The van der Waals surface area contributed by atoms with Crippen LogP contribution in [0.4, 0.5) is 16.3 Å². The van der Waals surface area contributed by atoms with Gasteiger partial charge in [-0.25, -0.2) is 4.79 Å². The van der Waals surface area contributed by atoms with Gasteiger partial charge < -0.3 is 19.3 Å². The fourth-order valence-electron chi connectivity index (χ4n) is 8.68. The van der Waals surface area contributed by atoms with E-state index in [-0.39, 0.29) is 23.7 Å². The third-order valence-electron chi connectivity index (χ3n) is 10.7. The van der Waals surface area contributed by atoms with E-state index in [4.69, 9.17) is 31.0 Å². The molecule has 2 aromatic heterocycles. The van der Waals surface area contributed by atoms with E-state index in [0.717, 1.165) is 85.0 Å². The lowest BCUT2D eigenvalue weighted by molar-refractivity contribution is 0.0122. The molecule has 4 saturated heterocycles. The van der Waals surface area contributed by atoms with Crippen molar-refractivity contribution in [3.63, 3.8) is 0 Å². The minimum atomic E-state index is -0.519. The highest BCUT2D eigenvalue weighted by Crippen LogP contribution is 2.41. The molecule has 1 amide bonds. The molecule has 5 aliphatic rings. The first-order valence-electron chi connectivity index (χ1n) is 18.0. The van der Waals surface area contributed by atoms with Crippen molar-refractivity contribution in [1.29, 1.82) is 0 Å². The summed E-state index contributed by atoms with van der Waals surface area (Å²) in [4.78, 5) is 37.3. The second kappa shape index (κ2) is 13.2. The summed E-state index contributed by atoms with van der Waals surface area (Å²) in [6.07, 6.45) is 11.1. The number of carbonyl (C=O) groups is 1. The first kappa shape index (κ1) is 33.1. The maximum atomic E-state index is 13.2. The van der Waals surface area contributed by atoms with Crippen molar-refractivity contribution in [2.24, 2.45) is 0 Å². The summed E-state index contributed by atoms with van der Waals surface area (Å²) in [5, 5.41) is 2.77. The van der Waals surface area contributed by atoms with Crippen LogP contribution in [-0.4, -0.2) is 93.4 Å². The zero-order valence-corrected chi connectivity index (χ0v) is 29.9. The molecule has 2 bridgehead atoms. The van der Waals surface area contributed by atoms with Crippen LogP contribution in [0.15, 0.2) is 30.6 Å². The fraction of sp³-hybridized carbons (Fsp3) is 0.622. The summed E-state index contributed by atoms with van der Waals surface area (Å²) < 4.78 is 12.4. The van der Waals surface area contributed by atoms with Gasteiger partial charge in [-0.3, -0.25) is 14.8 Å². The van der Waals surface area contributed by atoms with Gasteiger partial charge in [0.15, 0.2) is 0 Å². The fourth-order valence-corrected chi connectivity index (χ4v) is 8.96. The van der Waals surface area contributed by atoms with E-state index >= 15 is 0 Å². The Morgan fingerprint density at radius 2 is 1.73 bits per heavy atom. The van der Waals surface area contributed by atoms with Crippen LogP contribution in [0.2, 0.25) is 5.02 Å². The standard InChI is InChI=1S/C35H44ClN7O3.C2H6/c1-34(2,3)46-33(44)43-24-9-10-25(43)20-41(19-24)31-26-11-16-40(29-18-37-17-23-7-4-8-27(36)30(23)29)21-28(26)38-32(39-31)45-22-35-12-5-14-42(35)15-6-13-35;1-2/h4,7-8,17-18,24-25H,5-6,9-16,19-22H2,1-3H3;1-2H3. The smallest absolute Gasteiger partial charge is 0.410 e. The number of hydrogen-bond acceptors (Lipinski definition) is 9. The molecule has 2 atom stereocenters. The zero-order valence-electron chi connectivity index (χ0n) is 29.2. The van der Waals surface area contributed by atoms with Crippen molar-refractivity contribution in [3.05, 3.63) is 46.9 Å². The summed E-state index contributed by atoms with van der Waals surface area (Å²) in [6, 6.07) is 6.61. The lowest BCUT2D eigenvalue weighted by Gasteiger charge is -2.43. The molecule has 258 valence electrons. The maximum Gasteiger partial charge on any atom is 0.410 e. The summed E-state index contributed by atoms with van der Waals surface area (Å²) in [5.41, 5.74) is 2.77. The van der Waals surface area contributed by atoms with Gasteiger partial charge in [-0.1, -0.05) is 37.6 Å². The Kier molecular flexibility index (Phi) is 9.08. The van der Waals surface area contributed by atoms with Gasteiger partial charge in [-0.2, -0.15) is 9.97 Å². The summed E-state index contributed by atoms with van der Waals surface area (Å²) in [5.74, 6) is 0.960. The van der Waals surface area contributed by atoms with Crippen molar-refractivity contribution < 1.29 is 14.3 Å². The number of aromatic nitrogens is 3. The Balaban J connectivity index is 0.00000179. The minimum absolute atomic E-state index is 0.0944. The Morgan fingerprint density at radius 1 is 1.00 bits per heavy atom. The Morgan fingerprint density at radius 3 is 2.44 bits per heavy atom. The van der Waals surface area contributed by atoms with Crippen LogP contribution >= 0.6 is 11.6 Å². The summed E-state index contributed by atoms with van der Waals surface area (Å²) in [7, 11) is 0. The number of carbonyl (C=O) groups excluding carboxylic acids is 1. The quantitative estimate of drug-likeness (QED) is 0.288. The number of hydrogen-bond donors (Lipinski definition) is 0. The normalized spacial score (nSPS) is 23.1. The molecule has 5 aliphatic heterocycles. The maximum absolute atomic E-state index is 13.2. The number of rotatable bonds is 5. The molecule has 10 nitrogen and oxygen atoms in total. The van der Waals surface area contributed by atoms with Crippen molar-refractivity contribution in [2.45, 2.75) is 109 Å². The molecule has 0 spiro atoms. The van der Waals surface area contributed by atoms with Crippen LogP contribution in [0.3, 0.4) is 0 Å². The SMILES string of the molecule is CC.CC(C)(C)OC(=O)N1C2CCC1CN(c1nc(OCC34CCCN3CCC4)nc3c1CCN(c1cncc4cccc(Cl)c14)C3)C2. The summed E-state index contributed by atoms with van der Waals surface area (Å²) in [6.45, 7) is 15.6. The number of fused-ring (bicyclic) bond motifs is 5. The second-order valence-electron chi connectivity index (χ2n) is 14.8. The van der Waals surface area contributed by atoms with Crippen molar-refractivity contribution >= 4 is 40.0 Å². The predicted molar refractivity (Wildman–Crippen MR) is 190 cm³/mol. The van der Waals surface area contributed by atoms with Gasteiger partial charge >= 0.3 is 12.1 Å². The number of nitrogens with zero attached hydrogens (tertiary/aromatic N) is 7. The van der Waals surface area contributed by atoms with Crippen LogP contribution in [0, 0.1) is 0 Å². The van der Waals surface area contributed by atoms with E-state index in [1.165, 1.54) is 31.2 Å². The monoisotopic (exact) mass is 675 g/mol. The van der Waals surface area contributed by atoms with Crippen molar-refractivity contribution in [2.75, 3.05) is 49.1 Å². The largest absolute Gasteiger partial charge is 0.461 e. The second-order valence-corrected chi connectivity index (χ2v) is 15.2. The third kappa shape index (κ3) is 6.15. The molecule has 4 fully saturated rings. The molecule has 1 aromatic carbocycles. The molecular formula is C37H50ClN7O3. The molecule has 0 aliphatic carbocycles. The van der Waals surface area contributed by atoms with E-state index in [9.17, 15) is 4.79 Å². The molecular weight excluding hydrogens is 626 g/mol. The molecule has 0 N–H and O–H groups in total. The first-order valence-corrected chi connectivity index (χ1v) is 18.4. The molecule has 2 unspecified atom stereocenters. The van der Waals surface area contributed by atoms with Crippen LogP contribution in [-0.2, 0) is 17.7 Å². The van der Waals surface area contributed by atoms with Crippen LogP contribution in [0.5, 0.6) is 6.01 Å². The number of benzene rings is 1. The van der Waals surface area contributed by atoms with E-state index < -0.39 is 5.60 Å². The first-order chi connectivity index (χ1) is 23.2. The Hall–Kier alpha value is -3.37. The topological polar surface area (TPSA) is 87.2 Å². The number of piperazine rings is 1. The van der Waals surface area contributed by atoms with Gasteiger partial charge in [0, 0.05) is 42.2 Å². The average molecular weight is 676 g/mol. The average Bonchev–Trinajstić information content (AvgIpc) is 3.74. The number of halogens is 1. The van der Waals surface area contributed by atoms with E-state index in [1.807, 2.05) is 64.0 Å². The highest BCUT2D eigenvalue weighted by atomic mass is 35.5. The number of ether oxygens (including phenoxy) is 2. The molecule has 7 heterocycles. The van der Waals surface area contributed by atoms with Gasteiger partial charge in [0.05, 0.1) is 46.8 Å². The van der Waals surface area contributed by atoms with E-state index in [1.54, 1.807) is 0 Å². The van der Waals surface area contributed by atoms with Crippen LogP contribution < -0.4 is 14.5 Å². The van der Waals surface area contributed by atoms with Gasteiger partial charge in [-0.15, -0.1) is 0 Å². The molecule has 0 radical (unpaired) electrons. The predicted octanol–water partition coefficient (Wildman–Crippen LogP) is 6.86. The minimum Gasteiger partial charge on any atom is -0.461 e. The number of amides is 1. The zero-order chi connectivity index (χ0) is 33.6. The summed E-state index contributed by atoms with van der Waals surface area (Å²) >= 11 is 6.74. The molecule has 0 saturated carbocycles. The van der Waals surface area contributed by atoms with Gasteiger partial charge in [0.1, 0.15) is 18.0 Å². The van der Waals surface area contributed by atoms with Crippen molar-refractivity contribution in [1.82, 2.24) is 24.8 Å². The number of pyridine rings is 1. The Bertz CT molecular complexity index is 1630. The van der Waals surface area contributed by atoms with E-state index in [0.29, 0.717) is 19.2 Å². The lowest BCUT2D eigenvalue weighted by atomic mass is 9.95. The third-order valence-corrected chi connectivity index (χ3v) is 11.1. The van der Waals surface area contributed by atoms with Crippen molar-refractivity contribution in [3.8, 4) is 6.01 Å². The van der Waals surface area contributed by atoms with Gasteiger partial charge in [0.25, 0.3) is 0 Å². The van der Waals surface area contributed by atoms with E-state index in [2.05, 4.69) is 25.8 Å². The van der Waals surface area contributed by atoms with Crippen LogP contribution in [0.25, 0.3) is 10.8 Å². The molecule has 8 rings (SSSR count). The van der Waals surface area contributed by atoms with Gasteiger partial charge in [0.2, 0.25) is 0 Å². The lowest BCUT2D eigenvalue weighted by Crippen LogP contribution is -2.57. The van der Waals surface area contributed by atoms with Gasteiger partial charge in [-0.05, 0) is 84.9 Å². The Labute approximate surface area is 289 Å². The molecule has 11 heteroatoms. The van der Waals surface area contributed by atoms with Crippen LogP contribution in [0.1, 0.15) is 84.4 Å². The molecule has 48 heavy (non-hydrogen) atoms. The highest BCUT2D eigenvalue weighted by molar-refractivity contribution is 6.36.